The molecule has 0 atom stereocenters. The standard InChI is InChI=1S/C20H26FN5O2/c21-16-3-1-15(2-4-16)20(7-11-28-12-8-20)14-23-19(27)18-13-26(25-24-18)17-5-9-22-10-6-17/h1-4,13,17,22H,5-12,14H2,(H,23,27). The summed E-state index contributed by atoms with van der Waals surface area (Å²) in [6, 6.07) is 6.84. The number of carbonyl (C=O) groups is 1. The molecule has 150 valence electrons. The highest BCUT2D eigenvalue weighted by atomic mass is 19.1. The molecular formula is C20H26FN5O2. The van der Waals surface area contributed by atoms with Crippen molar-refractivity contribution in [1.29, 1.82) is 0 Å². The van der Waals surface area contributed by atoms with E-state index >= 15 is 0 Å². The average Bonchev–Trinajstić information content (AvgIpc) is 3.24. The van der Waals surface area contributed by atoms with E-state index in [1.807, 2.05) is 0 Å². The monoisotopic (exact) mass is 387 g/mol. The number of amides is 1. The second-order valence-electron chi connectivity index (χ2n) is 7.65. The van der Waals surface area contributed by atoms with Crippen molar-refractivity contribution in [3.8, 4) is 0 Å². The van der Waals surface area contributed by atoms with Gasteiger partial charge in [0.15, 0.2) is 5.69 Å². The maximum Gasteiger partial charge on any atom is 0.273 e. The van der Waals surface area contributed by atoms with Gasteiger partial charge in [0, 0.05) is 25.2 Å². The molecule has 0 spiro atoms. The van der Waals surface area contributed by atoms with Gasteiger partial charge in [-0.3, -0.25) is 4.79 Å². The SMILES string of the molecule is O=C(NCC1(c2ccc(F)cc2)CCOCC1)c1cn(C2CCNCC2)nn1. The highest BCUT2D eigenvalue weighted by Gasteiger charge is 2.35. The van der Waals surface area contributed by atoms with Crippen LogP contribution in [-0.4, -0.2) is 53.7 Å². The minimum Gasteiger partial charge on any atom is -0.381 e. The first kappa shape index (κ1) is 19.0. The summed E-state index contributed by atoms with van der Waals surface area (Å²) in [5, 5.41) is 14.6. The Morgan fingerprint density at radius 1 is 1.25 bits per heavy atom. The maximum atomic E-state index is 13.4. The molecule has 0 bridgehead atoms. The second-order valence-corrected chi connectivity index (χ2v) is 7.65. The lowest BCUT2D eigenvalue weighted by atomic mass is 9.74. The van der Waals surface area contributed by atoms with Gasteiger partial charge in [-0.05, 0) is 56.5 Å². The molecule has 2 aromatic rings. The number of hydrogen-bond donors (Lipinski definition) is 2. The Labute approximate surface area is 163 Å². The summed E-state index contributed by atoms with van der Waals surface area (Å²) in [4.78, 5) is 12.7. The lowest BCUT2D eigenvalue weighted by molar-refractivity contribution is 0.0486. The van der Waals surface area contributed by atoms with Crippen molar-refractivity contribution >= 4 is 5.91 Å². The van der Waals surface area contributed by atoms with E-state index in [1.54, 1.807) is 23.0 Å². The zero-order valence-corrected chi connectivity index (χ0v) is 15.9. The number of hydrogen-bond acceptors (Lipinski definition) is 5. The normalized spacial score (nSPS) is 20.0. The maximum absolute atomic E-state index is 13.4. The second kappa shape index (κ2) is 8.36. The van der Waals surface area contributed by atoms with Crippen molar-refractivity contribution in [2.75, 3.05) is 32.8 Å². The number of rotatable bonds is 5. The molecule has 7 nitrogen and oxygen atoms in total. The smallest absolute Gasteiger partial charge is 0.273 e. The Balaban J connectivity index is 1.44. The fraction of sp³-hybridized carbons (Fsp3) is 0.550. The molecule has 0 aliphatic carbocycles. The van der Waals surface area contributed by atoms with Gasteiger partial charge in [0.2, 0.25) is 0 Å². The van der Waals surface area contributed by atoms with Crippen LogP contribution in [0.1, 0.15) is 47.8 Å². The highest BCUT2D eigenvalue weighted by molar-refractivity contribution is 5.91. The number of aromatic nitrogens is 3. The molecule has 28 heavy (non-hydrogen) atoms. The van der Waals surface area contributed by atoms with Crippen LogP contribution < -0.4 is 10.6 Å². The molecule has 8 heteroatoms. The third kappa shape index (κ3) is 4.07. The molecule has 0 unspecified atom stereocenters. The number of nitrogens with zero attached hydrogens (tertiary/aromatic N) is 3. The fourth-order valence-corrected chi connectivity index (χ4v) is 4.10. The van der Waals surface area contributed by atoms with E-state index < -0.39 is 0 Å². The lowest BCUT2D eigenvalue weighted by Gasteiger charge is -2.37. The molecular weight excluding hydrogens is 361 g/mol. The van der Waals surface area contributed by atoms with Crippen molar-refractivity contribution < 1.29 is 13.9 Å². The first-order valence-corrected chi connectivity index (χ1v) is 9.91. The summed E-state index contributed by atoms with van der Waals surface area (Å²) in [5.41, 5.74) is 1.10. The third-order valence-corrected chi connectivity index (χ3v) is 5.92. The van der Waals surface area contributed by atoms with Crippen LogP contribution in [0.2, 0.25) is 0 Å². The molecule has 2 fully saturated rings. The van der Waals surface area contributed by atoms with Gasteiger partial charge in [0.1, 0.15) is 5.82 Å². The van der Waals surface area contributed by atoms with Gasteiger partial charge < -0.3 is 15.4 Å². The zero-order valence-electron chi connectivity index (χ0n) is 15.9. The summed E-state index contributed by atoms with van der Waals surface area (Å²) in [7, 11) is 0. The fourth-order valence-electron chi connectivity index (χ4n) is 4.10. The largest absolute Gasteiger partial charge is 0.381 e. The molecule has 0 radical (unpaired) electrons. The van der Waals surface area contributed by atoms with Crippen LogP contribution in [-0.2, 0) is 10.2 Å². The van der Waals surface area contributed by atoms with Crippen LogP contribution in [0.15, 0.2) is 30.5 Å². The van der Waals surface area contributed by atoms with Crippen molar-refractivity contribution in [3.63, 3.8) is 0 Å². The molecule has 4 rings (SSSR count). The van der Waals surface area contributed by atoms with Crippen molar-refractivity contribution in [2.24, 2.45) is 0 Å². The molecule has 3 heterocycles. The van der Waals surface area contributed by atoms with Gasteiger partial charge in [-0.25, -0.2) is 9.07 Å². The Bertz CT molecular complexity index is 795. The average molecular weight is 387 g/mol. The van der Waals surface area contributed by atoms with Gasteiger partial charge in [0.05, 0.1) is 12.2 Å². The van der Waals surface area contributed by atoms with Crippen molar-refractivity contribution in [3.05, 3.63) is 47.5 Å². The van der Waals surface area contributed by atoms with Gasteiger partial charge >= 0.3 is 0 Å². The van der Waals surface area contributed by atoms with Gasteiger partial charge in [-0.2, -0.15) is 0 Å². The van der Waals surface area contributed by atoms with E-state index in [2.05, 4.69) is 20.9 Å². The van der Waals surface area contributed by atoms with Crippen molar-refractivity contribution in [1.82, 2.24) is 25.6 Å². The number of ether oxygens (including phenoxy) is 1. The number of benzene rings is 1. The lowest BCUT2D eigenvalue weighted by Crippen LogP contribution is -2.44. The zero-order chi connectivity index (χ0) is 19.4. The van der Waals surface area contributed by atoms with E-state index in [0.29, 0.717) is 25.5 Å². The summed E-state index contributed by atoms with van der Waals surface area (Å²) >= 11 is 0. The molecule has 2 N–H and O–H groups in total. The summed E-state index contributed by atoms with van der Waals surface area (Å²) in [6.07, 6.45) is 5.26. The number of halogens is 1. The number of carbonyl (C=O) groups excluding carboxylic acids is 1. The minimum atomic E-state index is -0.260. The molecule has 2 saturated heterocycles. The van der Waals surface area contributed by atoms with E-state index in [0.717, 1.165) is 44.3 Å². The van der Waals surface area contributed by atoms with E-state index in [4.69, 9.17) is 4.74 Å². The summed E-state index contributed by atoms with van der Waals surface area (Å²) in [6.45, 7) is 3.61. The van der Waals surface area contributed by atoms with Gasteiger partial charge in [0.25, 0.3) is 5.91 Å². The molecule has 1 amide bonds. The first-order chi connectivity index (χ1) is 13.7. The molecule has 1 aromatic carbocycles. The quantitative estimate of drug-likeness (QED) is 0.818. The Hall–Kier alpha value is -2.32. The predicted octanol–water partition coefficient (Wildman–Crippen LogP) is 1.82. The third-order valence-electron chi connectivity index (χ3n) is 5.92. The van der Waals surface area contributed by atoms with Crippen molar-refractivity contribution in [2.45, 2.75) is 37.1 Å². The van der Waals surface area contributed by atoms with Crippen LogP contribution in [0.4, 0.5) is 4.39 Å². The number of nitrogens with one attached hydrogen (secondary N) is 2. The first-order valence-electron chi connectivity index (χ1n) is 9.91. The molecule has 0 saturated carbocycles. The van der Waals surface area contributed by atoms with E-state index in [9.17, 15) is 9.18 Å². The number of piperidine rings is 1. The molecule has 2 aliphatic rings. The minimum absolute atomic E-state index is 0.229. The van der Waals surface area contributed by atoms with Crippen LogP contribution in [0.25, 0.3) is 0 Å². The summed E-state index contributed by atoms with van der Waals surface area (Å²) < 4.78 is 20.7. The topological polar surface area (TPSA) is 81.1 Å². The molecule has 1 aromatic heterocycles. The Morgan fingerprint density at radius 3 is 2.68 bits per heavy atom. The van der Waals surface area contributed by atoms with Crippen LogP contribution in [0.5, 0.6) is 0 Å². The molecule has 2 aliphatic heterocycles. The van der Waals surface area contributed by atoms with Gasteiger partial charge in [-0.1, -0.05) is 17.3 Å². The summed E-state index contributed by atoms with van der Waals surface area (Å²) in [5.74, 6) is -0.488. The van der Waals surface area contributed by atoms with Crippen LogP contribution in [0, 0.1) is 5.82 Å². The highest BCUT2D eigenvalue weighted by Crippen LogP contribution is 2.34. The van der Waals surface area contributed by atoms with E-state index in [1.165, 1.54) is 12.1 Å². The Kier molecular flexibility index (Phi) is 5.68. The van der Waals surface area contributed by atoms with E-state index in [-0.39, 0.29) is 23.2 Å². The predicted molar refractivity (Wildman–Crippen MR) is 102 cm³/mol. The van der Waals surface area contributed by atoms with Crippen LogP contribution in [0.3, 0.4) is 0 Å². The van der Waals surface area contributed by atoms with Gasteiger partial charge in [-0.15, -0.1) is 5.10 Å². The Morgan fingerprint density at radius 2 is 1.96 bits per heavy atom. The van der Waals surface area contributed by atoms with Crippen LogP contribution >= 0.6 is 0 Å².